The largest absolute Gasteiger partial charge is 0.386 e. The summed E-state index contributed by atoms with van der Waals surface area (Å²) in [6.45, 7) is 5.55. The van der Waals surface area contributed by atoms with Crippen molar-refractivity contribution in [1.82, 2.24) is 0 Å². The molecule has 0 heterocycles. The summed E-state index contributed by atoms with van der Waals surface area (Å²) < 4.78 is 0. The maximum absolute atomic E-state index is 9.78. The highest BCUT2D eigenvalue weighted by molar-refractivity contribution is 8.13. The standard InChI is InChI=1S/C12H17NOS/c1-9(13-4)15-11-7-5-10(6-8-11)12(2,3)14/h5-8,14H,1-4H3. The minimum Gasteiger partial charge on any atom is -0.386 e. The molecule has 82 valence electrons. The van der Waals surface area contributed by atoms with E-state index >= 15 is 0 Å². The first-order valence-corrected chi connectivity index (χ1v) is 5.69. The molecule has 0 aliphatic rings. The van der Waals surface area contributed by atoms with Gasteiger partial charge in [-0.15, -0.1) is 0 Å². The third-order valence-corrected chi connectivity index (χ3v) is 3.13. The minimum absolute atomic E-state index is 0.767. The Bertz CT molecular complexity index is 349. The van der Waals surface area contributed by atoms with Gasteiger partial charge in [0.15, 0.2) is 0 Å². The number of rotatable bonds is 2. The molecule has 3 heteroatoms. The molecule has 0 aliphatic heterocycles. The predicted octanol–water partition coefficient (Wildman–Crippen LogP) is 3.05. The zero-order valence-electron chi connectivity index (χ0n) is 9.61. The first kappa shape index (κ1) is 12.3. The van der Waals surface area contributed by atoms with Crippen LogP contribution in [0, 0.1) is 0 Å². The maximum Gasteiger partial charge on any atom is 0.0840 e. The van der Waals surface area contributed by atoms with E-state index in [0.29, 0.717) is 0 Å². The number of aliphatic hydroxyl groups is 1. The highest BCUT2D eigenvalue weighted by Crippen LogP contribution is 2.24. The zero-order valence-corrected chi connectivity index (χ0v) is 10.4. The smallest absolute Gasteiger partial charge is 0.0840 e. The highest BCUT2D eigenvalue weighted by atomic mass is 32.2. The number of benzene rings is 1. The van der Waals surface area contributed by atoms with Gasteiger partial charge in [0.05, 0.1) is 10.6 Å². The van der Waals surface area contributed by atoms with Crippen molar-refractivity contribution in [3.8, 4) is 0 Å². The monoisotopic (exact) mass is 223 g/mol. The van der Waals surface area contributed by atoms with Crippen molar-refractivity contribution in [2.75, 3.05) is 7.05 Å². The van der Waals surface area contributed by atoms with Crippen LogP contribution in [-0.4, -0.2) is 17.2 Å². The van der Waals surface area contributed by atoms with Crippen LogP contribution in [-0.2, 0) is 5.60 Å². The second-order valence-electron chi connectivity index (χ2n) is 3.93. The van der Waals surface area contributed by atoms with Crippen molar-refractivity contribution in [2.45, 2.75) is 31.3 Å². The minimum atomic E-state index is -0.767. The lowest BCUT2D eigenvalue weighted by atomic mass is 9.99. The van der Waals surface area contributed by atoms with Crippen molar-refractivity contribution in [2.24, 2.45) is 4.99 Å². The fraction of sp³-hybridized carbons (Fsp3) is 0.417. The molecule has 0 atom stereocenters. The number of thioether (sulfide) groups is 1. The van der Waals surface area contributed by atoms with Gasteiger partial charge in [-0.25, -0.2) is 0 Å². The molecule has 1 N–H and O–H groups in total. The van der Waals surface area contributed by atoms with Crippen molar-refractivity contribution in [3.63, 3.8) is 0 Å². The molecule has 0 amide bonds. The molecule has 0 spiro atoms. The summed E-state index contributed by atoms with van der Waals surface area (Å²) in [7, 11) is 1.79. The van der Waals surface area contributed by atoms with Gasteiger partial charge in [0, 0.05) is 11.9 Å². The van der Waals surface area contributed by atoms with Crippen LogP contribution in [0.3, 0.4) is 0 Å². The first-order valence-electron chi connectivity index (χ1n) is 4.87. The molecule has 0 aromatic heterocycles. The van der Waals surface area contributed by atoms with Gasteiger partial charge in [-0.05, 0) is 38.5 Å². The van der Waals surface area contributed by atoms with Gasteiger partial charge in [-0.1, -0.05) is 23.9 Å². The molecular formula is C12H17NOS. The van der Waals surface area contributed by atoms with E-state index < -0.39 is 5.60 Å². The topological polar surface area (TPSA) is 32.6 Å². The SMILES string of the molecule is CN=C(C)Sc1ccc(C(C)(C)O)cc1. The molecule has 0 unspecified atom stereocenters. The summed E-state index contributed by atoms with van der Waals surface area (Å²) in [4.78, 5) is 5.23. The Morgan fingerprint density at radius 1 is 1.27 bits per heavy atom. The van der Waals surface area contributed by atoms with Gasteiger partial charge < -0.3 is 5.11 Å². The maximum atomic E-state index is 9.78. The summed E-state index contributed by atoms with van der Waals surface area (Å²) in [6, 6.07) is 7.91. The van der Waals surface area contributed by atoms with Gasteiger partial charge in [0.25, 0.3) is 0 Å². The molecule has 0 radical (unpaired) electrons. The first-order chi connectivity index (χ1) is 6.93. The Hall–Kier alpha value is -0.800. The fourth-order valence-corrected chi connectivity index (χ4v) is 1.85. The summed E-state index contributed by atoms with van der Waals surface area (Å²) >= 11 is 1.63. The third kappa shape index (κ3) is 3.68. The van der Waals surface area contributed by atoms with E-state index in [2.05, 4.69) is 4.99 Å². The Morgan fingerprint density at radius 2 is 1.80 bits per heavy atom. The van der Waals surface area contributed by atoms with Crippen LogP contribution in [0.15, 0.2) is 34.2 Å². The van der Waals surface area contributed by atoms with Crippen LogP contribution >= 0.6 is 11.8 Å². The molecule has 1 aromatic rings. The molecule has 0 fully saturated rings. The lowest BCUT2D eigenvalue weighted by Gasteiger charge is -2.17. The van der Waals surface area contributed by atoms with Crippen molar-refractivity contribution < 1.29 is 5.11 Å². The number of nitrogens with zero attached hydrogens (tertiary/aromatic N) is 1. The fourth-order valence-electron chi connectivity index (χ4n) is 1.15. The molecule has 0 aliphatic carbocycles. The molecule has 1 aromatic carbocycles. The number of hydrogen-bond donors (Lipinski definition) is 1. The Kier molecular flexibility index (Phi) is 3.94. The normalized spacial score (nSPS) is 13.0. The molecule has 0 saturated carbocycles. The summed E-state index contributed by atoms with van der Waals surface area (Å²) in [5.41, 5.74) is 0.162. The van der Waals surface area contributed by atoms with Gasteiger partial charge in [-0.3, -0.25) is 4.99 Å². The van der Waals surface area contributed by atoms with E-state index in [-0.39, 0.29) is 0 Å². The van der Waals surface area contributed by atoms with E-state index in [9.17, 15) is 5.11 Å². The van der Waals surface area contributed by atoms with Gasteiger partial charge in [0.2, 0.25) is 0 Å². The van der Waals surface area contributed by atoms with Crippen LogP contribution in [0.1, 0.15) is 26.3 Å². The molecule has 0 saturated heterocycles. The molecule has 15 heavy (non-hydrogen) atoms. The van der Waals surface area contributed by atoms with E-state index in [0.717, 1.165) is 15.5 Å². The zero-order chi connectivity index (χ0) is 11.5. The van der Waals surface area contributed by atoms with E-state index in [4.69, 9.17) is 0 Å². The quantitative estimate of drug-likeness (QED) is 0.475. The molecular weight excluding hydrogens is 206 g/mol. The summed E-state index contributed by atoms with van der Waals surface area (Å²) in [5.74, 6) is 0. The number of aliphatic imine (C=N–C) groups is 1. The summed E-state index contributed by atoms with van der Waals surface area (Å²) in [6.07, 6.45) is 0. The van der Waals surface area contributed by atoms with E-state index in [1.54, 1.807) is 32.7 Å². The van der Waals surface area contributed by atoms with Crippen molar-refractivity contribution in [1.29, 1.82) is 0 Å². The van der Waals surface area contributed by atoms with Crippen molar-refractivity contribution >= 4 is 16.8 Å². The Morgan fingerprint density at radius 3 is 2.20 bits per heavy atom. The van der Waals surface area contributed by atoms with Crippen LogP contribution < -0.4 is 0 Å². The Balaban J connectivity index is 2.82. The summed E-state index contributed by atoms with van der Waals surface area (Å²) in [5, 5.41) is 10.8. The van der Waals surface area contributed by atoms with Crippen LogP contribution in [0.4, 0.5) is 0 Å². The Labute approximate surface area is 95.4 Å². The number of hydrogen-bond acceptors (Lipinski definition) is 3. The van der Waals surface area contributed by atoms with Gasteiger partial charge >= 0.3 is 0 Å². The molecule has 1 rings (SSSR count). The van der Waals surface area contributed by atoms with Crippen molar-refractivity contribution in [3.05, 3.63) is 29.8 Å². The van der Waals surface area contributed by atoms with Crippen LogP contribution in [0.2, 0.25) is 0 Å². The van der Waals surface area contributed by atoms with Crippen LogP contribution in [0.25, 0.3) is 0 Å². The highest BCUT2D eigenvalue weighted by Gasteiger charge is 2.15. The second-order valence-corrected chi connectivity index (χ2v) is 5.19. The lowest BCUT2D eigenvalue weighted by Crippen LogP contribution is -2.14. The third-order valence-electron chi connectivity index (χ3n) is 2.14. The molecule has 0 bridgehead atoms. The van der Waals surface area contributed by atoms with Crippen LogP contribution in [0.5, 0.6) is 0 Å². The average Bonchev–Trinajstić information content (AvgIpc) is 2.17. The van der Waals surface area contributed by atoms with E-state index in [1.807, 2.05) is 31.2 Å². The predicted molar refractivity (Wildman–Crippen MR) is 66.6 cm³/mol. The lowest BCUT2D eigenvalue weighted by molar-refractivity contribution is 0.0785. The molecule has 2 nitrogen and oxygen atoms in total. The average molecular weight is 223 g/mol. The van der Waals surface area contributed by atoms with E-state index in [1.165, 1.54) is 0 Å². The second kappa shape index (κ2) is 4.81. The van der Waals surface area contributed by atoms with Gasteiger partial charge in [0.1, 0.15) is 0 Å². The van der Waals surface area contributed by atoms with Gasteiger partial charge in [-0.2, -0.15) is 0 Å².